The maximum atomic E-state index is 12.9. The van der Waals surface area contributed by atoms with E-state index in [0.717, 1.165) is 37.0 Å². The van der Waals surface area contributed by atoms with Gasteiger partial charge in [0.05, 0.1) is 5.56 Å². The standard InChI is InChI=1S/C20H20F3N3O/c1-19(14-3-2-10-24-12-14)11-16-8-9-17(19)26(16)18(27)25-15-6-4-13(5-7-15)20(21,22)23/h2-7,10,12,16-17H,8-9,11H2,1H3,(H,25,27). The molecule has 1 aromatic carbocycles. The van der Waals surface area contributed by atoms with Gasteiger partial charge in [-0.15, -0.1) is 0 Å². The van der Waals surface area contributed by atoms with Crippen LogP contribution in [0.5, 0.6) is 0 Å². The minimum Gasteiger partial charge on any atom is -0.318 e. The first-order chi connectivity index (χ1) is 12.8. The summed E-state index contributed by atoms with van der Waals surface area (Å²) in [6.45, 7) is 2.16. The van der Waals surface area contributed by atoms with E-state index >= 15 is 0 Å². The molecule has 2 fully saturated rings. The Morgan fingerprint density at radius 1 is 1.22 bits per heavy atom. The number of carbonyl (C=O) groups excluding carboxylic acids is 1. The van der Waals surface area contributed by atoms with Crippen LogP contribution in [0.4, 0.5) is 23.7 Å². The van der Waals surface area contributed by atoms with Crippen LogP contribution in [0.1, 0.15) is 37.3 Å². The predicted molar refractivity (Wildman–Crippen MR) is 95.3 cm³/mol. The highest BCUT2D eigenvalue weighted by Crippen LogP contribution is 2.51. The Morgan fingerprint density at radius 2 is 1.96 bits per heavy atom. The lowest BCUT2D eigenvalue weighted by molar-refractivity contribution is -0.137. The number of nitrogens with zero attached hydrogens (tertiary/aromatic N) is 2. The molecule has 3 atom stereocenters. The number of aromatic nitrogens is 1. The summed E-state index contributed by atoms with van der Waals surface area (Å²) >= 11 is 0. The van der Waals surface area contributed by atoms with Gasteiger partial charge in [-0.05, 0) is 55.2 Å². The van der Waals surface area contributed by atoms with Crippen molar-refractivity contribution in [2.24, 2.45) is 0 Å². The van der Waals surface area contributed by atoms with E-state index in [2.05, 4.69) is 17.2 Å². The number of alkyl halides is 3. The van der Waals surface area contributed by atoms with Crippen LogP contribution in [0.2, 0.25) is 0 Å². The third-order valence-electron chi connectivity index (χ3n) is 5.92. The zero-order valence-electron chi connectivity index (χ0n) is 14.8. The van der Waals surface area contributed by atoms with E-state index < -0.39 is 11.7 Å². The first kappa shape index (κ1) is 17.8. The molecule has 2 saturated heterocycles. The van der Waals surface area contributed by atoms with Crippen LogP contribution in [0.25, 0.3) is 0 Å². The number of hydrogen-bond donors (Lipinski definition) is 1. The number of urea groups is 1. The molecule has 0 spiro atoms. The Bertz CT molecular complexity index is 838. The van der Waals surface area contributed by atoms with Crippen molar-refractivity contribution in [3.63, 3.8) is 0 Å². The molecule has 7 heteroatoms. The molecule has 2 amide bonds. The molecule has 2 aromatic rings. The van der Waals surface area contributed by atoms with E-state index in [9.17, 15) is 18.0 Å². The number of halogens is 3. The van der Waals surface area contributed by atoms with Crippen molar-refractivity contribution in [3.8, 4) is 0 Å². The lowest BCUT2D eigenvalue weighted by atomic mass is 9.71. The third kappa shape index (κ3) is 3.05. The average Bonchev–Trinajstić information content (AvgIpc) is 3.18. The highest BCUT2D eigenvalue weighted by molar-refractivity contribution is 5.90. The molecule has 142 valence electrons. The Balaban J connectivity index is 1.52. The highest BCUT2D eigenvalue weighted by atomic mass is 19.4. The minimum absolute atomic E-state index is 0.0566. The number of rotatable bonds is 2. The summed E-state index contributed by atoms with van der Waals surface area (Å²) in [5, 5.41) is 2.76. The fourth-order valence-corrected chi connectivity index (χ4v) is 4.58. The number of anilines is 1. The molecule has 2 aliphatic rings. The van der Waals surface area contributed by atoms with Gasteiger partial charge in [0.25, 0.3) is 0 Å². The highest BCUT2D eigenvalue weighted by Gasteiger charge is 2.55. The second-order valence-electron chi connectivity index (χ2n) is 7.52. The first-order valence-corrected chi connectivity index (χ1v) is 8.96. The van der Waals surface area contributed by atoms with Crippen LogP contribution < -0.4 is 5.32 Å². The van der Waals surface area contributed by atoms with E-state index in [-0.39, 0.29) is 23.5 Å². The molecule has 4 rings (SSSR count). The van der Waals surface area contributed by atoms with Crippen molar-refractivity contribution in [3.05, 3.63) is 59.9 Å². The molecule has 0 radical (unpaired) electrons. The van der Waals surface area contributed by atoms with Crippen LogP contribution in [0.15, 0.2) is 48.8 Å². The van der Waals surface area contributed by atoms with Crippen molar-refractivity contribution in [2.45, 2.75) is 49.9 Å². The quantitative estimate of drug-likeness (QED) is 0.817. The van der Waals surface area contributed by atoms with Gasteiger partial charge < -0.3 is 10.2 Å². The maximum Gasteiger partial charge on any atom is 0.416 e. The topological polar surface area (TPSA) is 45.2 Å². The molecule has 4 nitrogen and oxygen atoms in total. The van der Waals surface area contributed by atoms with Gasteiger partial charge in [0.15, 0.2) is 0 Å². The first-order valence-electron chi connectivity index (χ1n) is 8.96. The van der Waals surface area contributed by atoms with Gasteiger partial charge in [-0.3, -0.25) is 4.98 Å². The minimum atomic E-state index is -4.39. The summed E-state index contributed by atoms with van der Waals surface area (Å²) < 4.78 is 38.1. The van der Waals surface area contributed by atoms with E-state index in [1.807, 2.05) is 23.2 Å². The largest absolute Gasteiger partial charge is 0.416 e. The summed E-state index contributed by atoms with van der Waals surface area (Å²) in [7, 11) is 0. The molecule has 0 saturated carbocycles. The molecule has 1 aromatic heterocycles. The van der Waals surface area contributed by atoms with Gasteiger partial charge in [-0.25, -0.2) is 4.79 Å². The van der Waals surface area contributed by atoms with E-state index in [0.29, 0.717) is 5.69 Å². The number of carbonyl (C=O) groups is 1. The number of hydrogen-bond acceptors (Lipinski definition) is 2. The van der Waals surface area contributed by atoms with Crippen LogP contribution in [0.3, 0.4) is 0 Å². The fraction of sp³-hybridized carbons (Fsp3) is 0.400. The summed E-state index contributed by atoms with van der Waals surface area (Å²) in [5.41, 5.74) is 0.590. The second-order valence-corrected chi connectivity index (χ2v) is 7.52. The summed E-state index contributed by atoms with van der Waals surface area (Å²) in [6, 6.07) is 8.42. The monoisotopic (exact) mass is 375 g/mol. The molecule has 3 unspecified atom stereocenters. The normalized spacial score (nSPS) is 27.0. The number of amides is 2. The maximum absolute atomic E-state index is 12.9. The summed E-state index contributed by atoms with van der Waals surface area (Å²) in [6.07, 6.45) is 1.92. The third-order valence-corrected chi connectivity index (χ3v) is 5.92. The predicted octanol–water partition coefficient (Wildman–Crippen LogP) is 4.83. The Labute approximate surface area is 155 Å². The van der Waals surface area contributed by atoms with E-state index in [1.54, 1.807) is 6.20 Å². The van der Waals surface area contributed by atoms with Gasteiger partial charge in [0, 0.05) is 35.6 Å². The van der Waals surface area contributed by atoms with Crippen LogP contribution in [-0.2, 0) is 11.6 Å². The molecular formula is C20H20F3N3O. The number of fused-ring (bicyclic) bond motifs is 2. The molecular weight excluding hydrogens is 355 g/mol. The Morgan fingerprint density at radius 3 is 2.59 bits per heavy atom. The number of nitrogens with one attached hydrogen (secondary N) is 1. The molecule has 0 aliphatic carbocycles. The van der Waals surface area contributed by atoms with Gasteiger partial charge >= 0.3 is 12.2 Å². The second kappa shape index (κ2) is 6.25. The zero-order chi connectivity index (χ0) is 19.2. The Hall–Kier alpha value is -2.57. The molecule has 3 heterocycles. The van der Waals surface area contributed by atoms with Crippen LogP contribution in [-0.4, -0.2) is 28.0 Å². The zero-order valence-corrected chi connectivity index (χ0v) is 14.8. The SMILES string of the molecule is CC1(c2cccnc2)CC2CCC1N2C(=O)Nc1ccc(C(F)(F)F)cc1. The Kier molecular flexibility index (Phi) is 4.13. The van der Waals surface area contributed by atoms with Crippen molar-refractivity contribution in [2.75, 3.05) is 5.32 Å². The average molecular weight is 375 g/mol. The van der Waals surface area contributed by atoms with Crippen molar-refractivity contribution in [1.29, 1.82) is 0 Å². The lowest BCUT2D eigenvalue weighted by Crippen LogP contribution is -2.43. The van der Waals surface area contributed by atoms with Gasteiger partial charge in [0.2, 0.25) is 0 Å². The smallest absolute Gasteiger partial charge is 0.318 e. The van der Waals surface area contributed by atoms with Crippen molar-refractivity contribution in [1.82, 2.24) is 9.88 Å². The van der Waals surface area contributed by atoms with Crippen LogP contribution in [0, 0.1) is 0 Å². The van der Waals surface area contributed by atoms with Gasteiger partial charge in [-0.1, -0.05) is 13.0 Å². The fourth-order valence-electron chi connectivity index (χ4n) is 4.58. The molecule has 1 N–H and O–H groups in total. The number of benzene rings is 1. The van der Waals surface area contributed by atoms with Gasteiger partial charge in [-0.2, -0.15) is 13.2 Å². The number of pyridine rings is 1. The lowest BCUT2D eigenvalue weighted by Gasteiger charge is -2.34. The van der Waals surface area contributed by atoms with E-state index in [4.69, 9.17) is 0 Å². The van der Waals surface area contributed by atoms with Crippen molar-refractivity contribution >= 4 is 11.7 Å². The van der Waals surface area contributed by atoms with Gasteiger partial charge in [0.1, 0.15) is 0 Å². The molecule has 2 aliphatic heterocycles. The summed E-state index contributed by atoms with van der Waals surface area (Å²) in [4.78, 5) is 18.9. The molecule has 2 bridgehead atoms. The van der Waals surface area contributed by atoms with Crippen LogP contribution >= 0.6 is 0 Å². The van der Waals surface area contributed by atoms with E-state index in [1.165, 1.54) is 12.1 Å². The summed E-state index contributed by atoms with van der Waals surface area (Å²) in [5.74, 6) is 0. The van der Waals surface area contributed by atoms with Crippen molar-refractivity contribution < 1.29 is 18.0 Å². The molecule has 27 heavy (non-hydrogen) atoms.